The van der Waals surface area contributed by atoms with Gasteiger partial charge in [0.1, 0.15) is 11.6 Å². The van der Waals surface area contributed by atoms with Crippen LogP contribution in [0.3, 0.4) is 0 Å². The third-order valence-corrected chi connectivity index (χ3v) is 2.86. The molecule has 2 rings (SSSR count). The van der Waals surface area contributed by atoms with Gasteiger partial charge in [0, 0.05) is 12.6 Å². The fourth-order valence-corrected chi connectivity index (χ4v) is 1.99. The standard InChI is InChI=1S/C11H12N4O5/c1-15-8-5(4-12-13-9(8)16)6(10(17)19-2)7(14-15)11(18)20-3/h4,6H,1-3H3,(H,13,16). The van der Waals surface area contributed by atoms with Crippen LogP contribution >= 0.6 is 0 Å². The van der Waals surface area contributed by atoms with E-state index in [1.165, 1.54) is 32.5 Å². The monoisotopic (exact) mass is 280 g/mol. The van der Waals surface area contributed by atoms with Crippen LogP contribution in [0.1, 0.15) is 11.5 Å². The first kappa shape index (κ1) is 13.7. The van der Waals surface area contributed by atoms with Crippen LogP contribution in [0.4, 0.5) is 5.69 Å². The average molecular weight is 280 g/mol. The topological polar surface area (TPSA) is 114 Å². The Morgan fingerprint density at radius 3 is 2.65 bits per heavy atom. The number of aromatic nitrogens is 2. The second-order valence-electron chi connectivity index (χ2n) is 3.96. The first-order chi connectivity index (χ1) is 9.51. The van der Waals surface area contributed by atoms with E-state index >= 15 is 0 Å². The Kier molecular flexibility index (Phi) is 3.51. The van der Waals surface area contributed by atoms with Crippen molar-refractivity contribution in [1.82, 2.24) is 10.2 Å². The molecule has 20 heavy (non-hydrogen) atoms. The lowest BCUT2D eigenvalue weighted by atomic mass is 9.93. The van der Waals surface area contributed by atoms with Gasteiger partial charge in [-0.05, 0) is 0 Å². The van der Waals surface area contributed by atoms with Crippen LogP contribution in [0.25, 0.3) is 0 Å². The van der Waals surface area contributed by atoms with Gasteiger partial charge in [-0.1, -0.05) is 0 Å². The molecular formula is C11H12N4O5. The molecule has 0 bridgehead atoms. The van der Waals surface area contributed by atoms with Crippen LogP contribution in [0.2, 0.25) is 0 Å². The molecule has 1 aromatic heterocycles. The average Bonchev–Trinajstić information content (AvgIpc) is 2.45. The number of nitrogens with one attached hydrogen (secondary N) is 1. The number of carbonyl (C=O) groups is 2. The van der Waals surface area contributed by atoms with E-state index in [-0.39, 0.29) is 17.0 Å². The molecule has 0 radical (unpaired) electrons. The van der Waals surface area contributed by atoms with Gasteiger partial charge in [-0.2, -0.15) is 10.2 Å². The summed E-state index contributed by atoms with van der Waals surface area (Å²) in [6, 6.07) is 0. The highest BCUT2D eigenvalue weighted by Crippen LogP contribution is 2.30. The lowest BCUT2D eigenvalue weighted by Crippen LogP contribution is -2.39. The van der Waals surface area contributed by atoms with Crippen molar-refractivity contribution in [2.24, 2.45) is 5.10 Å². The molecule has 1 aliphatic heterocycles. The van der Waals surface area contributed by atoms with E-state index in [1.54, 1.807) is 0 Å². The maximum absolute atomic E-state index is 11.9. The van der Waals surface area contributed by atoms with E-state index in [1.807, 2.05) is 0 Å². The summed E-state index contributed by atoms with van der Waals surface area (Å²) in [7, 11) is 3.82. The number of methoxy groups -OCH3 is 2. The molecule has 2 heterocycles. The van der Waals surface area contributed by atoms with Crippen LogP contribution in [-0.2, 0) is 19.1 Å². The Morgan fingerprint density at radius 2 is 2.05 bits per heavy atom. The van der Waals surface area contributed by atoms with Gasteiger partial charge in [-0.3, -0.25) is 14.6 Å². The van der Waals surface area contributed by atoms with Crippen molar-refractivity contribution in [2.75, 3.05) is 26.3 Å². The van der Waals surface area contributed by atoms with E-state index in [4.69, 9.17) is 0 Å². The van der Waals surface area contributed by atoms with Gasteiger partial charge in [0.2, 0.25) is 0 Å². The zero-order valence-corrected chi connectivity index (χ0v) is 11.0. The Hall–Kier alpha value is -2.71. The summed E-state index contributed by atoms with van der Waals surface area (Å²) in [6.45, 7) is 0. The molecule has 1 unspecified atom stereocenters. The number of esters is 2. The summed E-state index contributed by atoms with van der Waals surface area (Å²) in [4.78, 5) is 35.4. The molecule has 0 aromatic carbocycles. The molecule has 1 aliphatic rings. The lowest BCUT2D eigenvalue weighted by molar-refractivity contribution is -0.142. The number of hydrazone groups is 1. The number of nitrogens with zero attached hydrogens (tertiary/aromatic N) is 3. The normalized spacial score (nSPS) is 17.1. The smallest absolute Gasteiger partial charge is 0.355 e. The molecule has 0 aliphatic carbocycles. The summed E-state index contributed by atoms with van der Waals surface area (Å²) >= 11 is 0. The van der Waals surface area contributed by atoms with Gasteiger partial charge in [-0.15, -0.1) is 0 Å². The van der Waals surface area contributed by atoms with E-state index in [0.717, 1.165) is 0 Å². The number of anilines is 1. The molecule has 0 amide bonds. The first-order valence-electron chi connectivity index (χ1n) is 5.57. The van der Waals surface area contributed by atoms with Crippen molar-refractivity contribution in [3.63, 3.8) is 0 Å². The van der Waals surface area contributed by atoms with Gasteiger partial charge in [0.15, 0.2) is 5.71 Å². The molecule has 9 nitrogen and oxygen atoms in total. The molecule has 1 N–H and O–H groups in total. The number of carbonyl (C=O) groups excluding carboxylic acids is 2. The maximum Gasteiger partial charge on any atom is 0.355 e. The quantitative estimate of drug-likeness (QED) is 0.691. The highest BCUT2D eigenvalue weighted by Gasteiger charge is 2.40. The third kappa shape index (κ3) is 2.02. The maximum atomic E-state index is 11.9. The Labute approximate surface area is 113 Å². The van der Waals surface area contributed by atoms with Crippen LogP contribution < -0.4 is 10.6 Å². The van der Waals surface area contributed by atoms with Crippen molar-refractivity contribution < 1.29 is 19.1 Å². The second kappa shape index (κ2) is 5.11. The third-order valence-electron chi connectivity index (χ3n) is 2.86. The Balaban J connectivity index is 2.67. The molecule has 0 spiro atoms. The molecular weight excluding hydrogens is 268 g/mol. The fourth-order valence-electron chi connectivity index (χ4n) is 1.99. The van der Waals surface area contributed by atoms with Crippen LogP contribution in [0.15, 0.2) is 16.1 Å². The van der Waals surface area contributed by atoms with Gasteiger partial charge < -0.3 is 9.47 Å². The van der Waals surface area contributed by atoms with Gasteiger partial charge in [0.05, 0.1) is 20.4 Å². The fraction of sp³-hybridized carbons (Fsp3) is 0.364. The molecule has 1 aromatic rings. The Bertz CT molecular complexity index is 650. The van der Waals surface area contributed by atoms with E-state index in [0.29, 0.717) is 0 Å². The number of fused-ring (bicyclic) bond motifs is 1. The molecule has 0 saturated carbocycles. The van der Waals surface area contributed by atoms with Crippen molar-refractivity contribution in [2.45, 2.75) is 5.92 Å². The number of H-pyrrole nitrogens is 1. The predicted octanol–water partition coefficient (Wildman–Crippen LogP) is -0.995. The van der Waals surface area contributed by atoms with Crippen LogP contribution in [0.5, 0.6) is 0 Å². The summed E-state index contributed by atoms with van der Waals surface area (Å²) in [6.07, 6.45) is 1.28. The van der Waals surface area contributed by atoms with E-state index in [9.17, 15) is 14.4 Å². The molecule has 0 saturated heterocycles. The van der Waals surface area contributed by atoms with Crippen molar-refractivity contribution >= 4 is 23.3 Å². The number of aromatic amines is 1. The summed E-state index contributed by atoms with van der Waals surface area (Å²) in [5.74, 6) is -2.65. The van der Waals surface area contributed by atoms with Gasteiger partial charge in [0.25, 0.3) is 5.56 Å². The molecule has 1 atom stereocenters. The lowest BCUT2D eigenvalue weighted by Gasteiger charge is -2.26. The largest absolute Gasteiger partial charge is 0.468 e. The van der Waals surface area contributed by atoms with Crippen molar-refractivity contribution in [1.29, 1.82) is 0 Å². The van der Waals surface area contributed by atoms with Crippen molar-refractivity contribution in [3.05, 3.63) is 22.1 Å². The highest BCUT2D eigenvalue weighted by molar-refractivity contribution is 6.43. The summed E-state index contributed by atoms with van der Waals surface area (Å²) in [5, 5.41) is 11.0. The zero-order chi connectivity index (χ0) is 14.9. The summed E-state index contributed by atoms with van der Waals surface area (Å²) < 4.78 is 9.26. The number of hydrogen-bond acceptors (Lipinski definition) is 8. The number of ether oxygens (including phenoxy) is 2. The van der Waals surface area contributed by atoms with Crippen LogP contribution in [-0.4, -0.2) is 49.1 Å². The minimum Gasteiger partial charge on any atom is -0.468 e. The number of rotatable bonds is 2. The van der Waals surface area contributed by atoms with Crippen molar-refractivity contribution in [3.8, 4) is 0 Å². The van der Waals surface area contributed by atoms with E-state index in [2.05, 4.69) is 24.8 Å². The first-order valence-corrected chi connectivity index (χ1v) is 5.57. The van der Waals surface area contributed by atoms with Gasteiger partial charge >= 0.3 is 11.9 Å². The second-order valence-corrected chi connectivity index (χ2v) is 3.96. The minimum absolute atomic E-state index is 0.128. The molecule has 0 fully saturated rings. The number of hydrogen-bond donors (Lipinski definition) is 1. The molecule has 9 heteroatoms. The minimum atomic E-state index is -1.14. The zero-order valence-electron chi connectivity index (χ0n) is 11.0. The predicted molar refractivity (Wildman–Crippen MR) is 67.5 cm³/mol. The van der Waals surface area contributed by atoms with Crippen LogP contribution in [0, 0.1) is 0 Å². The Morgan fingerprint density at radius 1 is 1.35 bits per heavy atom. The summed E-state index contributed by atoms with van der Waals surface area (Å²) in [5.41, 5.74) is -0.324. The van der Waals surface area contributed by atoms with Gasteiger partial charge in [-0.25, -0.2) is 9.89 Å². The van der Waals surface area contributed by atoms with E-state index < -0.39 is 23.4 Å². The highest BCUT2D eigenvalue weighted by atomic mass is 16.5. The SMILES string of the molecule is COC(=O)C1=NN(C)c2c(cn[nH]c2=O)C1C(=O)OC. The molecule has 106 valence electrons.